The van der Waals surface area contributed by atoms with Crippen LogP contribution in [0.4, 0.5) is 0 Å². The van der Waals surface area contributed by atoms with E-state index in [4.69, 9.17) is 33.5 Å². The monoisotopic (exact) mass is 690 g/mol. The molecule has 274 valence electrons. The molecule has 0 bridgehead atoms. The molecule has 12 heteroatoms. The Morgan fingerprint density at radius 2 is 1.37 bits per heavy atom. The van der Waals surface area contributed by atoms with Crippen LogP contribution in [0.2, 0.25) is 0 Å². The number of hydrogen-bond acceptors (Lipinski definition) is 12. The van der Waals surface area contributed by atoms with E-state index >= 15 is 0 Å². The van der Waals surface area contributed by atoms with E-state index in [2.05, 4.69) is 0 Å². The molecule has 2 aliphatic heterocycles. The fourth-order valence-electron chi connectivity index (χ4n) is 6.51. The van der Waals surface area contributed by atoms with Crippen molar-refractivity contribution in [2.24, 2.45) is 5.41 Å². The molecule has 3 rings (SSSR count). The fraction of sp³-hybridized carbons (Fsp3) is 0.703. The molecule has 49 heavy (non-hydrogen) atoms. The molecule has 2 saturated heterocycles. The Bertz CT molecular complexity index is 1330. The van der Waals surface area contributed by atoms with Gasteiger partial charge in [-0.2, -0.15) is 0 Å². The second kappa shape index (κ2) is 16.7. The SMILES string of the molecule is CCC(OC1CCCCO1)(C(C)=O)C(=O)OOC(=O)C(OC1CCCCO1)(C(C)=O)C(c1cccc(C(C)(C)COC(C)=O)c1)C(C)(C)C. The summed E-state index contributed by atoms with van der Waals surface area (Å²) < 4.78 is 29.1. The molecule has 2 aliphatic rings. The number of Topliss-reactive ketones (excluding diaryl/α,β-unsaturated/α-hetero) is 2. The normalized spacial score (nSPS) is 21.7. The number of esters is 1. The van der Waals surface area contributed by atoms with Gasteiger partial charge in [0, 0.05) is 31.5 Å². The van der Waals surface area contributed by atoms with E-state index in [9.17, 15) is 24.0 Å². The molecular weight excluding hydrogens is 636 g/mol. The van der Waals surface area contributed by atoms with Gasteiger partial charge in [-0.05, 0) is 75.3 Å². The fourth-order valence-corrected chi connectivity index (χ4v) is 6.51. The van der Waals surface area contributed by atoms with E-state index in [0.29, 0.717) is 31.6 Å². The Kier molecular flexibility index (Phi) is 13.7. The van der Waals surface area contributed by atoms with Crippen molar-refractivity contribution in [3.8, 4) is 0 Å². The maximum atomic E-state index is 14.5. The van der Waals surface area contributed by atoms with Gasteiger partial charge in [0.15, 0.2) is 24.1 Å². The summed E-state index contributed by atoms with van der Waals surface area (Å²) >= 11 is 0. The summed E-state index contributed by atoms with van der Waals surface area (Å²) in [5.41, 5.74) is -4.61. The van der Waals surface area contributed by atoms with Crippen molar-refractivity contribution in [1.29, 1.82) is 0 Å². The van der Waals surface area contributed by atoms with E-state index in [1.54, 1.807) is 19.1 Å². The van der Waals surface area contributed by atoms with Crippen molar-refractivity contribution in [3.05, 3.63) is 35.4 Å². The van der Waals surface area contributed by atoms with E-state index < -0.39 is 70.0 Å². The third-order valence-corrected chi connectivity index (χ3v) is 9.25. The van der Waals surface area contributed by atoms with Crippen LogP contribution >= 0.6 is 0 Å². The van der Waals surface area contributed by atoms with Crippen LogP contribution in [-0.4, -0.2) is 73.1 Å². The highest BCUT2D eigenvalue weighted by atomic mass is 17.2. The van der Waals surface area contributed by atoms with Gasteiger partial charge in [-0.15, -0.1) is 0 Å². The van der Waals surface area contributed by atoms with Crippen LogP contribution in [0, 0.1) is 5.41 Å². The smallest absolute Gasteiger partial charge is 0.395 e. The molecule has 0 saturated carbocycles. The maximum absolute atomic E-state index is 14.5. The molecule has 5 atom stereocenters. The van der Waals surface area contributed by atoms with Gasteiger partial charge in [0.25, 0.3) is 0 Å². The number of carbonyl (C=O) groups is 5. The standard InChI is InChI=1S/C37H54O12/c1-10-36(24(2)38,46-29-18-11-13-20-43-29)32(41)48-49-33(42)37(25(3)39,47-30-19-12-14-21-44-30)31(34(5,6)7)27-16-15-17-28(22-27)35(8,9)23-45-26(4)40/h15-17,22,29-31H,10-14,18-21,23H2,1-9H3. The lowest BCUT2D eigenvalue weighted by Crippen LogP contribution is -2.59. The van der Waals surface area contributed by atoms with Crippen molar-refractivity contribution in [2.75, 3.05) is 19.8 Å². The third-order valence-electron chi connectivity index (χ3n) is 9.25. The molecule has 12 nitrogen and oxygen atoms in total. The van der Waals surface area contributed by atoms with Crippen LogP contribution in [0.5, 0.6) is 0 Å². The first kappa shape index (κ1) is 40.2. The molecule has 2 heterocycles. The van der Waals surface area contributed by atoms with Gasteiger partial charge in [-0.1, -0.05) is 65.8 Å². The summed E-state index contributed by atoms with van der Waals surface area (Å²) in [7, 11) is 0. The first-order valence-corrected chi connectivity index (χ1v) is 17.2. The number of ether oxygens (including phenoxy) is 5. The maximum Gasteiger partial charge on any atom is 0.395 e. The van der Waals surface area contributed by atoms with Crippen LogP contribution in [0.3, 0.4) is 0 Å². The van der Waals surface area contributed by atoms with Crippen LogP contribution in [0.15, 0.2) is 24.3 Å². The number of carbonyl (C=O) groups excluding carboxylic acids is 5. The van der Waals surface area contributed by atoms with Crippen molar-refractivity contribution in [3.63, 3.8) is 0 Å². The second-order valence-corrected chi connectivity index (χ2v) is 14.7. The predicted molar refractivity (Wildman–Crippen MR) is 177 cm³/mol. The average molecular weight is 691 g/mol. The molecular formula is C37H54O12. The first-order chi connectivity index (χ1) is 22.9. The lowest BCUT2D eigenvalue weighted by molar-refractivity contribution is -0.301. The molecule has 0 amide bonds. The van der Waals surface area contributed by atoms with E-state index in [1.165, 1.54) is 20.8 Å². The Hall–Kier alpha value is -3.19. The minimum Gasteiger partial charge on any atom is -0.465 e. The highest BCUT2D eigenvalue weighted by Crippen LogP contribution is 2.48. The van der Waals surface area contributed by atoms with Crippen LogP contribution in [0.1, 0.15) is 124 Å². The number of hydrogen-bond donors (Lipinski definition) is 0. The van der Waals surface area contributed by atoms with Crippen molar-refractivity contribution < 1.29 is 57.4 Å². The van der Waals surface area contributed by atoms with E-state index in [1.807, 2.05) is 46.8 Å². The molecule has 1 aromatic rings. The molecule has 0 N–H and O–H groups in total. The minimum atomic E-state index is -2.36. The summed E-state index contributed by atoms with van der Waals surface area (Å²) in [6.07, 6.45) is 2.11. The van der Waals surface area contributed by atoms with Crippen LogP contribution < -0.4 is 0 Å². The van der Waals surface area contributed by atoms with Gasteiger partial charge < -0.3 is 23.7 Å². The van der Waals surface area contributed by atoms with Crippen LogP contribution in [0.25, 0.3) is 0 Å². The Morgan fingerprint density at radius 1 is 0.796 bits per heavy atom. The van der Waals surface area contributed by atoms with E-state index in [-0.39, 0.29) is 13.0 Å². The van der Waals surface area contributed by atoms with Crippen molar-refractivity contribution in [2.45, 2.75) is 142 Å². The highest BCUT2D eigenvalue weighted by molar-refractivity contribution is 6.09. The summed E-state index contributed by atoms with van der Waals surface area (Å²) in [6.45, 7) is 15.6. The number of rotatable bonds is 14. The lowest BCUT2D eigenvalue weighted by Gasteiger charge is -2.45. The molecule has 0 aromatic heterocycles. The first-order valence-electron chi connectivity index (χ1n) is 17.2. The third kappa shape index (κ3) is 9.53. The second-order valence-electron chi connectivity index (χ2n) is 14.7. The van der Waals surface area contributed by atoms with Crippen LogP contribution in [-0.2, 0) is 62.8 Å². The Balaban J connectivity index is 2.09. The van der Waals surface area contributed by atoms with E-state index in [0.717, 1.165) is 31.2 Å². The summed E-state index contributed by atoms with van der Waals surface area (Å²) in [5.74, 6) is -5.32. The molecule has 0 radical (unpaired) electrons. The molecule has 5 unspecified atom stereocenters. The zero-order valence-electron chi connectivity index (χ0n) is 30.5. The molecule has 1 aromatic carbocycles. The summed E-state index contributed by atoms with van der Waals surface area (Å²) in [4.78, 5) is 77.0. The topological polar surface area (TPSA) is 150 Å². The highest BCUT2D eigenvalue weighted by Gasteiger charge is 2.60. The zero-order valence-corrected chi connectivity index (χ0v) is 30.5. The zero-order chi connectivity index (χ0) is 36.6. The van der Waals surface area contributed by atoms with Gasteiger partial charge in [0.1, 0.15) is 6.61 Å². The van der Waals surface area contributed by atoms with Gasteiger partial charge in [0.2, 0.25) is 11.2 Å². The van der Waals surface area contributed by atoms with Crippen molar-refractivity contribution >= 4 is 29.5 Å². The quantitative estimate of drug-likeness (QED) is 0.100. The van der Waals surface area contributed by atoms with Crippen molar-refractivity contribution in [1.82, 2.24) is 0 Å². The number of benzene rings is 1. The lowest BCUT2D eigenvalue weighted by atomic mass is 9.65. The predicted octanol–water partition coefficient (Wildman–Crippen LogP) is 5.81. The Morgan fingerprint density at radius 3 is 1.84 bits per heavy atom. The average Bonchev–Trinajstić information content (AvgIpc) is 3.05. The summed E-state index contributed by atoms with van der Waals surface area (Å²) in [6, 6.07) is 7.28. The van der Waals surface area contributed by atoms with Gasteiger partial charge in [-0.25, -0.2) is 19.4 Å². The Labute approximate surface area is 289 Å². The molecule has 2 fully saturated rings. The van der Waals surface area contributed by atoms with Gasteiger partial charge >= 0.3 is 17.9 Å². The van der Waals surface area contributed by atoms with Gasteiger partial charge in [-0.3, -0.25) is 14.4 Å². The number of ketones is 2. The molecule has 0 aliphatic carbocycles. The van der Waals surface area contributed by atoms with Gasteiger partial charge in [0.05, 0.1) is 0 Å². The minimum absolute atomic E-state index is 0.0948. The molecule has 0 spiro atoms. The summed E-state index contributed by atoms with van der Waals surface area (Å²) in [5, 5.41) is 0. The largest absolute Gasteiger partial charge is 0.465 e.